The lowest BCUT2D eigenvalue weighted by Gasteiger charge is -2.18. The summed E-state index contributed by atoms with van der Waals surface area (Å²) in [5.41, 5.74) is 0.157. The number of esters is 1. The van der Waals surface area contributed by atoms with E-state index in [0.29, 0.717) is 10.6 Å². The number of carbonyl (C=O) groups is 2. The second-order valence-electron chi connectivity index (χ2n) is 3.34. The maximum absolute atomic E-state index is 11.0. The van der Waals surface area contributed by atoms with Gasteiger partial charge in [0.05, 0.1) is 5.57 Å². The Hall–Kier alpha value is -1.81. The van der Waals surface area contributed by atoms with Crippen molar-refractivity contribution < 1.29 is 19.4 Å². The fourth-order valence-corrected chi connectivity index (χ4v) is 1.52. The molecule has 0 aliphatic carbocycles. The van der Waals surface area contributed by atoms with Gasteiger partial charge in [0, 0.05) is 17.5 Å². The highest BCUT2D eigenvalue weighted by Gasteiger charge is 2.25. The predicted octanol–water partition coefficient (Wildman–Crippen LogP) is 2.59. The van der Waals surface area contributed by atoms with Gasteiger partial charge in [-0.15, -0.1) is 0 Å². The molecule has 0 aliphatic rings. The summed E-state index contributed by atoms with van der Waals surface area (Å²) in [4.78, 5) is 21.8. The third kappa shape index (κ3) is 3.32. The molecule has 1 unspecified atom stereocenters. The summed E-state index contributed by atoms with van der Waals surface area (Å²) < 4.78 is 4.94. The van der Waals surface area contributed by atoms with Crippen molar-refractivity contribution in [2.24, 2.45) is 0 Å². The van der Waals surface area contributed by atoms with Gasteiger partial charge < -0.3 is 9.84 Å². The Morgan fingerprint density at radius 1 is 1.41 bits per heavy atom. The summed E-state index contributed by atoms with van der Waals surface area (Å²) >= 11 is 5.93. The Balaban J connectivity index is 3.15. The van der Waals surface area contributed by atoms with Crippen LogP contribution in [-0.2, 0) is 14.3 Å². The highest BCUT2D eigenvalue weighted by Crippen LogP contribution is 2.30. The molecule has 0 heterocycles. The number of aliphatic carboxylic acids is 1. The topological polar surface area (TPSA) is 63.6 Å². The van der Waals surface area contributed by atoms with Crippen LogP contribution in [0.1, 0.15) is 18.6 Å². The van der Waals surface area contributed by atoms with E-state index < -0.39 is 18.0 Å². The average Bonchev–Trinajstić information content (AvgIpc) is 2.25. The van der Waals surface area contributed by atoms with Gasteiger partial charge in [-0.25, -0.2) is 4.79 Å². The number of carboxylic acid groups (broad SMARTS) is 1. The zero-order valence-electron chi connectivity index (χ0n) is 9.14. The number of hydrogen-bond acceptors (Lipinski definition) is 3. The molecule has 0 aromatic heterocycles. The van der Waals surface area contributed by atoms with Crippen LogP contribution in [0.5, 0.6) is 0 Å². The summed E-state index contributed by atoms with van der Waals surface area (Å²) in [5.74, 6) is -1.84. The molecule has 0 saturated heterocycles. The lowest BCUT2D eigenvalue weighted by Crippen LogP contribution is -2.16. The monoisotopic (exact) mass is 254 g/mol. The quantitative estimate of drug-likeness (QED) is 0.663. The minimum Gasteiger partial charge on any atom is -0.478 e. The first-order chi connectivity index (χ1) is 7.93. The number of carbonyl (C=O) groups excluding carboxylic acids is 1. The van der Waals surface area contributed by atoms with Crippen molar-refractivity contribution in [1.82, 2.24) is 0 Å². The second-order valence-corrected chi connectivity index (χ2v) is 3.75. The van der Waals surface area contributed by atoms with E-state index in [1.165, 1.54) is 6.92 Å². The largest absolute Gasteiger partial charge is 0.478 e. The molecule has 90 valence electrons. The van der Waals surface area contributed by atoms with Gasteiger partial charge in [-0.05, 0) is 6.07 Å². The van der Waals surface area contributed by atoms with Crippen molar-refractivity contribution in [3.63, 3.8) is 0 Å². The Bertz CT molecular complexity index is 467. The molecule has 17 heavy (non-hydrogen) atoms. The molecule has 0 spiro atoms. The fourth-order valence-electron chi connectivity index (χ4n) is 1.29. The Labute approximate surface area is 103 Å². The molecule has 0 fully saturated rings. The van der Waals surface area contributed by atoms with Gasteiger partial charge in [-0.3, -0.25) is 4.79 Å². The Kier molecular flexibility index (Phi) is 4.29. The highest BCUT2D eigenvalue weighted by molar-refractivity contribution is 6.31. The Morgan fingerprint density at radius 2 is 2.00 bits per heavy atom. The van der Waals surface area contributed by atoms with Crippen LogP contribution in [0.3, 0.4) is 0 Å². The van der Waals surface area contributed by atoms with Crippen LogP contribution in [0.25, 0.3) is 0 Å². The SMILES string of the molecule is C=C(C(=O)O)C(OC(C)=O)c1ccccc1Cl. The molecule has 1 N–H and O–H groups in total. The molecule has 1 rings (SSSR count). The first-order valence-electron chi connectivity index (χ1n) is 4.77. The zero-order valence-corrected chi connectivity index (χ0v) is 9.90. The molecule has 0 radical (unpaired) electrons. The predicted molar refractivity (Wildman–Crippen MR) is 62.7 cm³/mol. The van der Waals surface area contributed by atoms with Gasteiger partial charge in [0.1, 0.15) is 0 Å². The standard InChI is InChI=1S/C12H11ClO4/c1-7(12(15)16)11(17-8(2)14)9-5-3-4-6-10(9)13/h3-6,11H,1H2,2H3,(H,15,16). The van der Waals surface area contributed by atoms with E-state index in [0.717, 1.165) is 0 Å². The molecule has 0 amide bonds. The molecule has 1 atom stereocenters. The van der Waals surface area contributed by atoms with Crippen LogP contribution in [0.2, 0.25) is 5.02 Å². The van der Waals surface area contributed by atoms with E-state index in [9.17, 15) is 9.59 Å². The fraction of sp³-hybridized carbons (Fsp3) is 0.167. The third-order valence-corrected chi connectivity index (χ3v) is 2.41. The van der Waals surface area contributed by atoms with Crippen LogP contribution in [0.4, 0.5) is 0 Å². The van der Waals surface area contributed by atoms with Gasteiger partial charge in [0.25, 0.3) is 0 Å². The van der Waals surface area contributed by atoms with Crippen molar-refractivity contribution in [3.8, 4) is 0 Å². The van der Waals surface area contributed by atoms with Crippen LogP contribution >= 0.6 is 11.6 Å². The maximum atomic E-state index is 11.0. The van der Waals surface area contributed by atoms with Crippen molar-refractivity contribution in [1.29, 1.82) is 0 Å². The van der Waals surface area contributed by atoms with Gasteiger partial charge in [-0.2, -0.15) is 0 Å². The maximum Gasteiger partial charge on any atom is 0.335 e. The number of halogens is 1. The van der Waals surface area contributed by atoms with Gasteiger partial charge >= 0.3 is 11.9 Å². The van der Waals surface area contributed by atoms with E-state index in [2.05, 4.69) is 6.58 Å². The van der Waals surface area contributed by atoms with E-state index in [1.54, 1.807) is 24.3 Å². The van der Waals surface area contributed by atoms with Crippen molar-refractivity contribution >= 4 is 23.5 Å². The summed E-state index contributed by atoms with van der Waals surface area (Å²) in [6, 6.07) is 6.54. The summed E-state index contributed by atoms with van der Waals surface area (Å²) in [7, 11) is 0. The smallest absolute Gasteiger partial charge is 0.335 e. The molecule has 1 aromatic rings. The van der Waals surface area contributed by atoms with E-state index in [1.807, 2.05) is 0 Å². The molecular weight excluding hydrogens is 244 g/mol. The summed E-state index contributed by atoms with van der Waals surface area (Å²) in [5, 5.41) is 9.20. The van der Waals surface area contributed by atoms with Crippen LogP contribution in [-0.4, -0.2) is 17.0 Å². The minimum atomic E-state index is -1.24. The summed E-state index contributed by atoms with van der Waals surface area (Å²) in [6.07, 6.45) is -1.07. The van der Waals surface area contributed by atoms with Crippen molar-refractivity contribution in [3.05, 3.63) is 47.0 Å². The molecular formula is C12H11ClO4. The number of rotatable bonds is 4. The van der Waals surface area contributed by atoms with Crippen molar-refractivity contribution in [2.75, 3.05) is 0 Å². The average molecular weight is 255 g/mol. The first kappa shape index (κ1) is 13.3. The number of carboxylic acids is 1. The van der Waals surface area contributed by atoms with Crippen LogP contribution in [0, 0.1) is 0 Å². The number of benzene rings is 1. The zero-order chi connectivity index (χ0) is 13.0. The second kappa shape index (κ2) is 5.50. The molecule has 0 saturated carbocycles. The van der Waals surface area contributed by atoms with Gasteiger partial charge in [-0.1, -0.05) is 36.4 Å². The molecule has 0 bridgehead atoms. The van der Waals surface area contributed by atoms with Crippen molar-refractivity contribution in [2.45, 2.75) is 13.0 Å². The number of ether oxygens (including phenoxy) is 1. The summed E-state index contributed by atoms with van der Waals surface area (Å²) in [6.45, 7) is 4.58. The Morgan fingerprint density at radius 3 is 2.47 bits per heavy atom. The molecule has 1 aromatic carbocycles. The van der Waals surface area contributed by atoms with Gasteiger partial charge in [0.15, 0.2) is 6.10 Å². The molecule has 0 aliphatic heterocycles. The van der Waals surface area contributed by atoms with Crippen LogP contribution < -0.4 is 0 Å². The van der Waals surface area contributed by atoms with E-state index in [-0.39, 0.29) is 5.57 Å². The number of hydrogen-bond donors (Lipinski definition) is 1. The normalized spacial score (nSPS) is 11.6. The third-order valence-electron chi connectivity index (χ3n) is 2.06. The highest BCUT2D eigenvalue weighted by atomic mass is 35.5. The lowest BCUT2D eigenvalue weighted by atomic mass is 10.0. The first-order valence-corrected chi connectivity index (χ1v) is 5.15. The molecule has 5 heteroatoms. The van der Waals surface area contributed by atoms with Crippen LogP contribution in [0.15, 0.2) is 36.4 Å². The van der Waals surface area contributed by atoms with E-state index in [4.69, 9.17) is 21.4 Å². The van der Waals surface area contributed by atoms with E-state index >= 15 is 0 Å². The van der Waals surface area contributed by atoms with Gasteiger partial charge in [0.2, 0.25) is 0 Å². The minimum absolute atomic E-state index is 0.242. The molecule has 4 nitrogen and oxygen atoms in total. The lowest BCUT2D eigenvalue weighted by molar-refractivity contribution is -0.146.